The number of hydrogen-bond acceptors (Lipinski definition) is 5. The Kier molecular flexibility index (Phi) is 5.69. The Morgan fingerprint density at radius 3 is 2.76 bits per heavy atom. The van der Waals surface area contributed by atoms with Crippen molar-refractivity contribution in [3.05, 3.63) is 12.4 Å². The Hall–Kier alpha value is -1.36. The molecule has 0 fully saturated rings. The molecule has 0 saturated carbocycles. The Balaban J connectivity index is 2.59. The zero-order valence-electron chi connectivity index (χ0n) is 11.1. The molecular formula is C12H22N4O. The number of ether oxygens (including phenoxy) is 1. The summed E-state index contributed by atoms with van der Waals surface area (Å²) in [6.45, 7) is 9.19. The zero-order chi connectivity index (χ0) is 12.7. The summed E-state index contributed by atoms with van der Waals surface area (Å²) >= 11 is 0. The van der Waals surface area contributed by atoms with Gasteiger partial charge in [-0.3, -0.25) is 0 Å². The first-order chi connectivity index (χ1) is 8.17. The van der Waals surface area contributed by atoms with Gasteiger partial charge in [-0.1, -0.05) is 13.8 Å². The standard InChI is InChI=1S/C12H22N4O/c1-5-16(7-6-13-10(2)3)11-8-12(17-4)15-9-14-11/h8-10,13H,5-7H2,1-4H3. The molecule has 0 atom stereocenters. The third-order valence-electron chi connectivity index (χ3n) is 2.48. The van der Waals surface area contributed by atoms with E-state index in [1.54, 1.807) is 7.11 Å². The molecule has 0 aliphatic rings. The van der Waals surface area contributed by atoms with E-state index in [1.165, 1.54) is 6.33 Å². The first-order valence-corrected chi connectivity index (χ1v) is 6.01. The summed E-state index contributed by atoms with van der Waals surface area (Å²) in [5.41, 5.74) is 0. The fourth-order valence-electron chi connectivity index (χ4n) is 1.54. The van der Waals surface area contributed by atoms with Gasteiger partial charge in [0.15, 0.2) is 0 Å². The Bertz CT molecular complexity index is 330. The molecule has 5 heteroatoms. The molecular weight excluding hydrogens is 216 g/mol. The Labute approximate surface area is 103 Å². The van der Waals surface area contributed by atoms with E-state index in [0.717, 1.165) is 25.5 Å². The number of nitrogens with zero attached hydrogens (tertiary/aromatic N) is 3. The average molecular weight is 238 g/mol. The van der Waals surface area contributed by atoms with Crippen LogP contribution in [0.3, 0.4) is 0 Å². The van der Waals surface area contributed by atoms with E-state index in [1.807, 2.05) is 6.07 Å². The Morgan fingerprint density at radius 1 is 1.41 bits per heavy atom. The van der Waals surface area contributed by atoms with Gasteiger partial charge < -0.3 is 15.0 Å². The van der Waals surface area contributed by atoms with Crippen molar-refractivity contribution in [3.63, 3.8) is 0 Å². The molecule has 5 nitrogen and oxygen atoms in total. The lowest BCUT2D eigenvalue weighted by molar-refractivity contribution is 0.396. The normalized spacial score (nSPS) is 10.6. The average Bonchev–Trinajstić information content (AvgIpc) is 2.34. The van der Waals surface area contributed by atoms with E-state index in [0.29, 0.717) is 11.9 Å². The molecule has 0 unspecified atom stereocenters. The van der Waals surface area contributed by atoms with Gasteiger partial charge in [0.25, 0.3) is 0 Å². The van der Waals surface area contributed by atoms with Crippen LogP contribution in [0.25, 0.3) is 0 Å². The van der Waals surface area contributed by atoms with Crippen molar-refractivity contribution < 1.29 is 4.74 Å². The number of likely N-dealkylation sites (N-methyl/N-ethyl adjacent to an activating group) is 1. The molecule has 0 aromatic carbocycles. The maximum atomic E-state index is 5.10. The summed E-state index contributed by atoms with van der Waals surface area (Å²) < 4.78 is 5.10. The second kappa shape index (κ2) is 7.06. The number of rotatable bonds is 7. The molecule has 17 heavy (non-hydrogen) atoms. The highest BCUT2D eigenvalue weighted by Crippen LogP contribution is 2.14. The van der Waals surface area contributed by atoms with Gasteiger partial charge in [0, 0.05) is 31.7 Å². The minimum atomic E-state index is 0.508. The van der Waals surface area contributed by atoms with Crippen molar-refractivity contribution in [1.29, 1.82) is 0 Å². The van der Waals surface area contributed by atoms with Crippen LogP contribution in [0, 0.1) is 0 Å². The number of hydrogen-bond donors (Lipinski definition) is 1. The SMILES string of the molecule is CCN(CCNC(C)C)c1cc(OC)ncn1. The predicted octanol–water partition coefficient (Wildman–Crippen LogP) is 1.31. The second-order valence-electron chi connectivity index (χ2n) is 4.11. The van der Waals surface area contributed by atoms with Gasteiger partial charge in [-0.25, -0.2) is 9.97 Å². The molecule has 1 N–H and O–H groups in total. The van der Waals surface area contributed by atoms with Crippen molar-refractivity contribution in [1.82, 2.24) is 15.3 Å². The van der Waals surface area contributed by atoms with Gasteiger partial charge in [0.1, 0.15) is 12.1 Å². The maximum Gasteiger partial charge on any atom is 0.218 e. The van der Waals surface area contributed by atoms with Gasteiger partial charge in [-0.05, 0) is 6.92 Å². The first-order valence-electron chi connectivity index (χ1n) is 6.01. The number of nitrogens with one attached hydrogen (secondary N) is 1. The van der Waals surface area contributed by atoms with Crippen LogP contribution in [0.15, 0.2) is 12.4 Å². The van der Waals surface area contributed by atoms with Crippen LogP contribution in [-0.2, 0) is 0 Å². The number of anilines is 1. The molecule has 1 heterocycles. The van der Waals surface area contributed by atoms with Gasteiger partial charge >= 0.3 is 0 Å². The Morgan fingerprint density at radius 2 is 2.18 bits per heavy atom. The van der Waals surface area contributed by atoms with Crippen LogP contribution < -0.4 is 15.0 Å². The predicted molar refractivity (Wildman–Crippen MR) is 69.6 cm³/mol. The minimum absolute atomic E-state index is 0.508. The van der Waals surface area contributed by atoms with Crippen molar-refractivity contribution in [3.8, 4) is 5.88 Å². The molecule has 1 rings (SSSR count). The quantitative estimate of drug-likeness (QED) is 0.776. The number of aromatic nitrogens is 2. The largest absolute Gasteiger partial charge is 0.481 e. The fraction of sp³-hybridized carbons (Fsp3) is 0.667. The molecule has 0 radical (unpaired) electrons. The summed E-state index contributed by atoms with van der Waals surface area (Å²) in [7, 11) is 1.61. The van der Waals surface area contributed by atoms with Crippen LogP contribution >= 0.6 is 0 Å². The van der Waals surface area contributed by atoms with Crippen molar-refractivity contribution >= 4 is 5.82 Å². The lowest BCUT2D eigenvalue weighted by atomic mass is 10.3. The number of methoxy groups -OCH3 is 1. The lowest BCUT2D eigenvalue weighted by Crippen LogP contribution is -2.35. The van der Waals surface area contributed by atoms with Crippen LogP contribution in [0.5, 0.6) is 5.88 Å². The van der Waals surface area contributed by atoms with Crippen LogP contribution in [0.4, 0.5) is 5.82 Å². The molecule has 0 saturated heterocycles. The molecule has 96 valence electrons. The van der Waals surface area contributed by atoms with Crippen molar-refractivity contribution in [2.45, 2.75) is 26.8 Å². The highest BCUT2D eigenvalue weighted by molar-refractivity contribution is 5.40. The van der Waals surface area contributed by atoms with E-state index < -0.39 is 0 Å². The van der Waals surface area contributed by atoms with Gasteiger partial charge in [0.2, 0.25) is 5.88 Å². The molecule has 0 aliphatic heterocycles. The van der Waals surface area contributed by atoms with Gasteiger partial charge in [-0.15, -0.1) is 0 Å². The van der Waals surface area contributed by atoms with Crippen molar-refractivity contribution in [2.75, 3.05) is 31.6 Å². The topological polar surface area (TPSA) is 50.3 Å². The summed E-state index contributed by atoms with van der Waals surface area (Å²) in [5, 5.41) is 3.39. The van der Waals surface area contributed by atoms with E-state index >= 15 is 0 Å². The van der Waals surface area contributed by atoms with Gasteiger partial charge in [-0.2, -0.15) is 0 Å². The first kappa shape index (κ1) is 13.7. The summed E-state index contributed by atoms with van der Waals surface area (Å²) in [5.74, 6) is 1.51. The van der Waals surface area contributed by atoms with E-state index in [9.17, 15) is 0 Å². The summed E-state index contributed by atoms with van der Waals surface area (Å²) in [4.78, 5) is 10.5. The van der Waals surface area contributed by atoms with Crippen molar-refractivity contribution in [2.24, 2.45) is 0 Å². The van der Waals surface area contributed by atoms with E-state index in [2.05, 4.69) is 41.0 Å². The summed E-state index contributed by atoms with van der Waals surface area (Å²) in [6, 6.07) is 2.37. The minimum Gasteiger partial charge on any atom is -0.481 e. The molecule has 0 spiro atoms. The van der Waals surface area contributed by atoms with Crippen LogP contribution in [0.2, 0.25) is 0 Å². The maximum absolute atomic E-state index is 5.10. The zero-order valence-corrected chi connectivity index (χ0v) is 11.1. The summed E-state index contributed by atoms with van der Waals surface area (Å²) in [6.07, 6.45) is 1.53. The van der Waals surface area contributed by atoms with Crippen LogP contribution in [0.1, 0.15) is 20.8 Å². The van der Waals surface area contributed by atoms with Crippen LogP contribution in [-0.4, -0.2) is 42.8 Å². The smallest absolute Gasteiger partial charge is 0.218 e. The third-order valence-corrected chi connectivity index (χ3v) is 2.48. The third kappa shape index (κ3) is 4.56. The fourth-order valence-corrected chi connectivity index (χ4v) is 1.54. The molecule has 1 aromatic rings. The van der Waals surface area contributed by atoms with Gasteiger partial charge in [0.05, 0.1) is 7.11 Å². The lowest BCUT2D eigenvalue weighted by Gasteiger charge is -2.22. The van der Waals surface area contributed by atoms with E-state index in [-0.39, 0.29) is 0 Å². The molecule has 0 bridgehead atoms. The highest BCUT2D eigenvalue weighted by Gasteiger charge is 2.07. The molecule has 0 amide bonds. The highest BCUT2D eigenvalue weighted by atomic mass is 16.5. The second-order valence-corrected chi connectivity index (χ2v) is 4.11. The molecule has 1 aromatic heterocycles. The monoisotopic (exact) mass is 238 g/mol. The van der Waals surface area contributed by atoms with E-state index in [4.69, 9.17) is 4.74 Å². The molecule has 0 aliphatic carbocycles.